The summed E-state index contributed by atoms with van der Waals surface area (Å²) in [4.78, 5) is 32.5. The summed E-state index contributed by atoms with van der Waals surface area (Å²) in [5.41, 5.74) is 0.342. The van der Waals surface area contributed by atoms with Crippen LogP contribution in [0.4, 0.5) is 11.4 Å². The topological polar surface area (TPSA) is 122 Å². The maximum absolute atomic E-state index is 11.7. The molecule has 3 N–H and O–H groups in total. The molecule has 0 aliphatic heterocycles. The lowest BCUT2D eigenvalue weighted by atomic mass is 10.2. The fourth-order valence-corrected chi connectivity index (χ4v) is 1.69. The number of non-ortho nitro benzene ring substituents is 1. The Labute approximate surface area is 121 Å². The molecule has 0 saturated carbocycles. The number of carboxylic acids is 1. The van der Waals surface area contributed by atoms with E-state index in [-0.39, 0.29) is 12.2 Å². The molecule has 114 valence electrons. The summed E-state index contributed by atoms with van der Waals surface area (Å²) in [6.45, 7) is 1.71. The normalized spacial score (nSPS) is 11.7. The van der Waals surface area contributed by atoms with Crippen molar-refractivity contribution >= 4 is 23.3 Å². The molecule has 8 heteroatoms. The van der Waals surface area contributed by atoms with Gasteiger partial charge in [-0.05, 0) is 18.6 Å². The first-order valence-electron chi connectivity index (χ1n) is 6.44. The Kier molecular flexibility index (Phi) is 6.28. The van der Waals surface area contributed by atoms with Gasteiger partial charge >= 0.3 is 5.97 Å². The van der Waals surface area contributed by atoms with E-state index in [9.17, 15) is 19.7 Å². The van der Waals surface area contributed by atoms with Crippen molar-refractivity contribution in [3.63, 3.8) is 0 Å². The number of benzene rings is 1. The number of rotatable bonds is 8. The molecule has 0 aliphatic rings. The number of nitrogens with zero attached hydrogens (tertiary/aromatic N) is 1. The van der Waals surface area contributed by atoms with Crippen molar-refractivity contribution in [3.8, 4) is 0 Å². The standard InChI is InChI=1S/C13H17N3O5/c1-2-3-11(13(18)19)14-8-12(17)15-9-4-6-10(7-5-9)16(20)21/h4-7,11,14H,2-3,8H2,1H3,(H,15,17)(H,18,19). The summed E-state index contributed by atoms with van der Waals surface area (Å²) < 4.78 is 0. The molecule has 0 saturated heterocycles. The van der Waals surface area contributed by atoms with E-state index in [0.717, 1.165) is 0 Å². The van der Waals surface area contributed by atoms with E-state index in [1.54, 1.807) is 0 Å². The van der Waals surface area contributed by atoms with Crippen LogP contribution in [0.2, 0.25) is 0 Å². The molecule has 0 aromatic heterocycles. The lowest BCUT2D eigenvalue weighted by Gasteiger charge is -2.13. The van der Waals surface area contributed by atoms with Crippen LogP contribution < -0.4 is 10.6 Å². The molecular weight excluding hydrogens is 278 g/mol. The molecule has 0 heterocycles. The number of aliphatic carboxylic acids is 1. The van der Waals surface area contributed by atoms with Crippen molar-refractivity contribution in [2.75, 3.05) is 11.9 Å². The SMILES string of the molecule is CCCC(NCC(=O)Nc1ccc([N+](=O)[O-])cc1)C(=O)O. The number of carbonyl (C=O) groups excluding carboxylic acids is 1. The molecule has 8 nitrogen and oxygen atoms in total. The second-order valence-electron chi connectivity index (χ2n) is 4.41. The van der Waals surface area contributed by atoms with Crippen molar-refractivity contribution in [2.45, 2.75) is 25.8 Å². The number of nitro benzene ring substituents is 1. The third-order valence-corrected chi connectivity index (χ3v) is 2.75. The van der Waals surface area contributed by atoms with E-state index >= 15 is 0 Å². The van der Waals surface area contributed by atoms with Gasteiger partial charge in [0.2, 0.25) is 5.91 Å². The zero-order chi connectivity index (χ0) is 15.8. The molecule has 1 atom stereocenters. The Hall–Kier alpha value is -2.48. The molecular formula is C13H17N3O5. The van der Waals surface area contributed by atoms with Gasteiger partial charge in [-0.15, -0.1) is 0 Å². The second-order valence-corrected chi connectivity index (χ2v) is 4.41. The highest BCUT2D eigenvalue weighted by Gasteiger charge is 2.16. The van der Waals surface area contributed by atoms with Crippen LogP contribution in [0, 0.1) is 10.1 Å². The summed E-state index contributed by atoms with van der Waals surface area (Å²) in [7, 11) is 0. The zero-order valence-electron chi connectivity index (χ0n) is 11.5. The molecule has 1 unspecified atom stereocenters. The van der Waals surface area contributed by atoms with Gasteiger partial charge in [0.15, 0.2) is 0 Å². The van der Waals surface area contributed by atoms with Crippen LogP contribution in [0.25, 0.3) is 0 Å². The van der Waals surface area contributed by atoms with E-state index in [1.165, 1.54) is 24.3 Å². The number of carboxylic acid groups (broad SMARTS) is 1. The first-order valence-corrected chi connectivity index (χ1v) is 6.44. The van der Waals surface area contributed by atoms with E-state index in [2.05, 4.69) is 10.6 Å². The highest BCUT2D eigenvalue weighted by Crippen LogP contribution is 2.15. The number of hydrogen-bond donors (Lipinski definition) is 3. The first-order chi connectivity index (χ1) is 9.93. The predicted molar refractivity (Wildman–Crippen MR) is 76.1 cm³/mol. The summed E-state index contributed by atoms with van der Waals surface area (Å²) >= 11 is 0. The number of nitrogens with one attached hydrogen (secondary N) is 2. The maximum Gasteiger partial charge on any atom is 0.320 e. The van der Waals surface area contributed by atoms with Crippen LogP contribution in [0.3, 0.4) is 0 Å². The monoisotopic (exact) mass is 295 g/mol. The van der Waals surface area contributed by atoms with Crippen molar-refractivity contribution in [1.82, 2.24) is 5.32 Å². The van der Waals surface area contributed by atoms with Crippen LogP contribution in [0.15, 0.2) is 24.3 Å². The van der Waals surface area contributed by atoms with E-state index < -0.39 is 22.8 Å². The second kappa shape index (κ2) is 7.95. The van der Waals surface area contributed by atoms with Gasteiger partial charge in [-0.2, -0.15) is 0 Å². The number of hydrogen-bond acceptors (Lipinski definition) is 5. The molecule has 21 heavy (non-hydrogen) atoms. The Morgan fingerprint density at radius 3 is 2.43 bits per heavy atom. The highest BCUT2D eigenvalue weighted by atomic mass is 16.6. The number of anilines is 1. The van der Waals surface area contributed by atoms with Crippen LogP contribution in [0.1, 0.15) is 19.8 Å². The van der Waals surface area contributed by atoms with Gasteiger partial charge in [-0.25, -0.2) is 0 Å². The Balaban J connectivity index is 2.49. The van der Waals surface area contributed by atoms with Gasteiger partial charge in [0.25, 0.3) is 5.69 Å². The minimum Gasteiger partial charge on any atom is -0.480 e. The van der Waals surface area contributed by atoms with Crippen LogP contribution in [-0.4, -0.2) is 34.5 Å². The predicted octanol–water partition coefficient (Wildman–Crippen LogP) is 1.38. The zero-order valence-corrected chi connectivity index (χ0v) is 11.5. The van der Waals surface area contributed by atoms with Crippen molar-refractivity contribution < 1.29 is 19.6 Å². The lowest BCUT2D eigenvalue weighted by Crippen LogP contribution is -2.41. The average Bonchev–Trinajstić information content (AvgIpc) is 2.43. The molecule has 0 radical (unpaired) electrons. The molecule has 1 rings (SSSR count). The summed E-state index contributed by atoms with van der Waals surface area (Å²) in [5, 5.41) is 24.6. The van der Waals surface area contributed by atoms with Gasteiger partial charge in [-0.1, -0.05) is 13.3 Å². The molecule has 0 bridgehead atoms. The van der Waals surface area contributed by atoms with Gasteiger partial charge in [0.05, 0.1) is 11.5 Å². The summed E-state index contributed by atoms with van der Waals surface area (Å²) in [6, 6.07) is 4.62. The van der Waals surface area contributed by atoms with Crippen molar-refractivity contribution in [2.24, 2.45) is 0 Å². The highest BCUT2D eigenvalue weighted by molar-refractivity contribution is 5.92. The van der Waals surface area contributed by atoms with Crippen LogP contribution in [-0.2, 0) is 9.59 Å². The van der Waals surface area contributed by atoms with E-state index in [4.69, 9.17) is 5.11 Å². The quantitative estimate of drug-likeness (QED) is 0.492. The summed E-state index contributed by atoms with van der Waals surface area (Å²) in [5.74, 6) is -1.41. The molecule has 1 amide bonds. The fraction of sp³-hybridized carbons (Fsp3) is 0.385. The summed E-state index contributed by atoms with van der Waals surface area (Å²) in [6.07, 6.45) is 1.12. The van der Waals surface area contributed by atoms with Crippen LogP contribution >= 0.6 is 0 Å². The van der Waals surface area contributed by atoms with E-state index in [1.807, 2.05) is 6.92 Å². The van der Waals surface area contributed by atoms with E-state index in [0.29, 0.717) is 18.5 Å². The molecule has 0 spiro atoms. The lowest BCUT2D eigenvalue weighted by molar-refractivity contribution is -0.384. The largest absolute Gasteiger partial charge is 0.480 e. The van der Waals surface area contributed by atoms with Gasteiger partial charge in [0, 0.05) is 17.8 Å². The average molecular weight is 295 g/mol. The third-order valence-electron chi connectivity index (χ3n) is 2.75. The third kappa shape index (κ3) is 5.57. The van der Waals surface area contributed by atoms with Gasteiger partial charge in [0.1, 0.15) is 6.04 Å². The molecule has 1 aromatic rings. The smallest absolute Gasteiger partial charge is 0.320 e. The van der Waals surface area contributed by atoms with Crippen LogP contribution in [0.5, 0.6) is 0 Å². The first kappa shape index (κ1) is 16.6. The molecule has 0 fully saturated rings. The number of nitro groups is 1. The fourth-order valence-electron chi connectivity index (χ4n) is 1.69. The van der Waals surface area contributed by atoms with Gasteiger partial charge in [-0.3, -0.25) is 25.0 Å². The van der Waals surface area contributed by atoms with Gasteiger partial charge < -0.3 is 10.4 Å². The van der Waals surface area contributed by atoms with Crippen molar-refractivity contribution in [1.29, 1.82) is 0 Å². The maximum atomic E-state index is 11.7. The minimum absolute atomic E-state index is 0.0694. The Bertz CT molecular complexity index is 515. The number of amides is 1. The minimum atomic E-state index is -1.00. The number of carbonyl (C=O) groups is 2. The Morgan fingerprint density at radius 2 is 1.95 bits per heavy atom. The molecule has 0 aliphatic carbocycles. The van der Waals surface area contributed by atoms with Crippen molar-refractivity contribution in [3.05, 3.63) is 34.4 Å². The molecule has 1 aromatic carbocycles. The Morgan fingerprint density at radius 1 is 1.33 bits per heavy atom.